The molecular formula is C31H35N5O5. The van der Waals surface area contributed by atoms with Gasteiger partial charge in [-0.15, -0.1) is 0 Å². The van der Waals surface area contributed by atoms with E-state index in [1.807, 2.05) is 55.6 Å². The van der Waals surface area contributed by atoms with Gasteiger partial charge in [0.15, 0.2) is 0 Å². The Morgan fingerprint density at radius 1 is 1.02 bits per heavy atom. The first-order chi connectivity index (χ1) is 19.9. The number of hydrogen-bond acceptors (Lipinski definition) is 7. The summed E-state index contributed by atoms with van der Waals surface area (Å²) >= 11 is 0. The van der Waals surface area contributed by atoms with Crippen LogP contribution in [0.1, 0.15) is 24.8 Å². The lowest BCUT2D eigenvalue weighted by molar-refractivity contribution is 0.114. The van der Waals surface area contributed by atoms with Gasteiger partial charge in [0.05, 0.1) is 11.1 Å². The van der Waals surface area contributed by atoms with Gasteiger partial charge in [-0.2, -0.15) is 10.1 Å². The Labute approximate surface area is 238 Å². The molecule has 10 heteroatoms. The summed E-state index contributed by atoms with van der Waals surface area (Å²) in [4.78, 5) is 19.4. The summed E-state index contributed by atoms with van der Waals surface area (Å²) in [5.41, 5.74) is 3.11. The molecule has 6 rings (SSSR count). The monoisotopic (exact) mass is 557 g/mol. The molecule has 2 fully saturated rings. The zero-order valence-electron chi connectivity index (χ0n) is 23.1. The highest BCUT2D eigenvalue weighted by atomic mass is 16.5. The number of hydrogen-bond donors (Lipinski definition) is 2. The largest absolute Gasteiger partial charge is 0.493 e. The number of pyridine rings is 1. The maximum atomic E-state index is 11.2. The van der Waals surface area contributed by atoms with Crippen LogP contribution in [0, 0.1) is 5.92 Å². The molecule has 0 spiro atoms. The first-order valence-corrected chi connectivity index (χ1v) is 14.1. The number of carbonyl (C=O) groups is 1. The molecule has 0 saturated carbocycles. The first-order valence-electron chi connectivity index (χ1n) is 14.1. The molecule has 0 aliphatic carbocycles. The molecule has 214 valence electrons. The molecule has 4 aromatic rings. The molecule has 2 saturated heterocycles. The maximum absolute atomic E-state index is 11.2. The van der Waals surface area contributed by atoms with Gasteiger partial charge in [0.1, 0.15) is 24.2 Å². The number of aryl methyl sites for hydroxylation is 1. The van der Waals surface area contributed by atoms with E-state index in [0.717, 1.165) is 61.1 Å². The highest BCUT2D eigenvalue weighted by molar-refractivity contribution is 5.95. The van der Waals surface area contributed by atoms with Crippen molar-refractivity contribution in [2.24, 2.45) is 13.0 Å². The number of amides is 1. The Morgan fingerprint density at radius 3 is 2.59 bits per heavy atom. The highest BCUT2D eigenvalue weighted by Gasteiger charge is 2.29. The van der Waals surface area contributed by atoms with E-state index >= 15 is 0 Å². The lowest BCUT2D eigenvalue weighted by Crippen LogP contribution is -2.40. The Bertz CT molecular complexity index is 1520. The topological polar surface area (TPSA) is 113 Å². The highest BCUT2D eigenvalue weighted by Crippen LogP contribution is 2.35. The Morgan fingerprint density at radius 2 is 1.83 bits per heavy atom. The van der Waals surface area contributed by atoms with E-state index in [9.17, 15) is 15.0 Å². The summed E-state index contributed by atoms with van der Waals surface area (Å²) in [5.74, 6) is 1.54. The zero-order chi connectivity index (χ0) is 28.3. The van der Waals surface area contributed by atoms with Crippen LogP contribution in [0.15, 0.2) is 60.7 Å². The number of likely N-dealkylation sites (tertiary alicyclic amines) is 2. The van der Waals surface area contributed by atoms with Gasteiger partial charge in [-0.3, -0.25) is 9.58 Å². The average Bonchev–Trinajstić information content (AvgIpc) is 3.56. The van der Waals surface area contributed by atoms with Gasteiger partial charge in [0, 0.05) is 57.3 Å². The predicted octanol–water partition coefficient (Wildman–Crippen LogP) is 4.76. The number of nitrogens with zero attached hydrogens (tertiary/aromatic N) is 5. The minimum Gasteiger partial charge on any atom is -0.493 e. The lowest BCUT2D eigenvalue weighted by Gasteiger charge is -2.32. The minimum absolute atomic E-state index is 0.107. The Hall–Kier alpha value is -4.31. The van der Waals surface area contributed by atoms with Crippen molar-refractivity contribution >= 4 is 17.0 Å². The van der Waals surface area contributed by atoms with E-state index in [0.29, 0.717) is 42.8 Å². The van der Waals surface area contributed by atoms with Gasteiger partial charge in [-0.05, 0) is 48.9 Å². The molecule has 2 aliphatic heterocycles. The molecule has 0 unspecified atom stereocenters. The summed E-state index contributed by atoms with van der Waals surface area (Å²) in [6.45, 7) is 4.46. The summed E-state index contributed by atoms with van der Waals surface area (Å²) in [7, 11) is 1.88. The van der Waals surface area contributed by atoms with E-state index in [1.165, 1.54) is 4.90 Å². The van der Waals surface area contributed by atoms with Crippen molar-refractivity contribution < 1.29 is 24.5 Å². The second kappa shape index (κ2) is 11.7. The number of fused-ring (bicyclic) bond motifs is 1. The van der Waals surface area contributed by atoms with Crippen LogP contribution in [0.5, 0.6) is 17.5 Å². The second-order valence-corrected chi connectivity index (χ2v) is 10.9. The van der Waals surface area contributed by atoms with Crippen LogP contribution >= 0.6 is 0 Å². The molecule has 0 radical (unpaired) electrons. The maximum Gasteiger partial charge on any atom is 0.407 e. The fraction of sp³-hybridized carbons (Fsp3) is 0.387. The summed E-state index contributed by atoms with van der Waals surface area (Å²) in [5, 5.41) is 25.5. The van der Waals surface area contributed by atoms with Gasteiger partial charge in [0.25, 0.3) is 0 Å². The molecule has 1 atom stereocenters. The van der Waals surface area contributed by atoms with E-state index in [2.05, 4.69) is 15.0 Å². The van der Waals surface area contributed by atoms with Crippen LogP contribution in [0.2, 0.25) is 0 Å². The molecule has 2 N–H and O–H groups in total. The van der Waals surface area contributed by atoms with Gasteiger partial charge < -0.3 is 24.6 Å². The van der Waals surface area contributed by atoms with Crippen LogP contribution in [-0.2, 0) is 13.7 Å². The third-order valence-corrected chi connectivity index (χ3v) is 8.09. The fourth-order valence-corrected chi connectivity index (χ4v) is 5.86. The van der Waals surface area contributed by atoms with Crippen molar-refractivity contribution in [3.8, 4) is 28.8 Å². The van der Waals surface area contributed by atoms with Gasteiger partial charge in [-0.1, -0.05) is 30.3 Å². The number of ether oxygens (including phenoxy) is 2. The third kappa shape index (κ3) is 6.07. The van der Waals surface area contributed by atoms with Crippen molar-refractivity contribution in [3.05, 3.63) is 66.2 Å². The standard InChI is InChI=1S/C31H35N5O5/c1-34-27-17-23(41-24-13-14-35(19-24)18-21-11-15-36(16-12-21)31(38)39)7-8-25(27)29(33-34)26-9-10-28(32-30(26)37)40-20-22-5-3-2-4-6-22/h2-10,17,21,24H,11-16,18-20H2,1H3,(H,32,37)(H,38,39)/t24-/m1/s1. The molecule has 0 bridgehead atoms. The number of carboxylic acid groups (broad SMARTS) is 1. The molecule has 2 aliphatic rings. The van der Waals surface area contributed by atoms with E-state index in [1.54, 1.807) is 16.8 Å². The Balaban J connectivity index is 1.08. The molecule has 41 heavy (non-hydrogen) atoms. The normalized spacial score (nSPS) is 18.2. The quantitative estimate of drug-likeness (QED) is 0.319. The van der Waals surface area contributed by atoms with Crippen molar-refractivity contribution in [2.75, 3.05) is 32.7 Å². The van der Waals surface area contributed by atoms with Gasteiger partial charge in [-0.25, -0.2) is 4.79 Å². The zero-order valence-corrected chi connectivity index (χ0v) is 23.1. The SMILES string of the molecule is Cn1nc(-c2ccc(OCc3ccccc3)nc2O)c2ccc(O[C@@H]3CCN(CC4CCN(C(=O)O)CC4)C3)cc21. The number of benzene rings is 2. The minimum atomic E-state index is -0.814. The van der Waals surface area contributed by atoms with E-state index < -0.39 is 6.09 Å². The molecule has 10 nitrogen and oxygen atoms in total. The van der Waals surface area contributed by atoms with Crippen LogP contribution in [0.4, 0.5) is 4.79 Å². The van der Waals surface area contributed by atoms with Crippen molar-refractivity contribution in [1.29, 1.82) is 0 Å². The number of piperidine rings is 1. The molecular weight excluding hydrogens is 522 g/mol. The molecule has 2 aromatic carbocycles. The first kappa shape index (κ1) is 26.9. The van der Waals surface area contributed by atoms with Gasteiger partial charge >= 0.3 is 6.09 Å². The Kier molecular flexibility index (Phi) is 7.65. The van der Waals surface area contributed by atoms with E-state index in [4.69, 9.17) is 9.47 Å². The third-order valence-electron chi connectivity index (χ3n) is 8.09. The predicted molar refractivity (Wildman–Crippen MR) is 154 cm³/mol. The van der Waals surface area contributed by atoms with Crippen LogP contribution < -0.4 is 9.47 Å². The number of aromatic hydroxyl groups is 1. The number of rotatable bonds is 8. The van der Waals surface area contributed by atoms with E-state index in [-0.39, 0.29) is 12.0 Å². The number of aromatic nitrogens is 3. The molecule has 4 heterocycles. The lowest BCUT2D eigenvalue weighted by atomic mass is 9.96. The van der Waals surface area contributed by atoms with Crippen LogP contribution in [0.3, 0.4) is 0 Å². The van der Waals surface area contributed by atoms with Gasteiger partial charge in [0.2, 0.25) is 11.8 Å². The summed E-state index contributed by atoms with van der Waals surface area (Å²) in [6, 6.07) is 19.3. The van der Waals surface area contributed by atoms with Crippen molar-refractivity contribution in [1.82, 2.24) is 24.6 Å². The second-order valence-electron chi connectivity index (χ2n) is 10.9. The van der Waals surface area contributed by atoms with Crippen molar-refractivity contribution in [2.45, 2.75) is 32.0 Å². The van der Waals surface area contributed by atoms with Crippen LogP contribution in [0.25, 0.3) is 22.2 Å². The smallest absolute Gasteiger partial charge is 0.407 e. The molecule has 2 aromatic heterocycles. The van der Waals surface area contributed by atoms with Crippen LogP contribution in [-0.4, -0.2) is 79.7 Å². The summed E-state index contributed by atoms with van der Waals surface area (Å²) in [6.07, 6.45) is 2.09. The fourth-order valence-electron chi connectivity index (χ4n) is 5.86. The van der Waals surface area contributed by atoms with Crippen molar-refractivity contribution in [3.63, 3.8) is 0 Å². The average molecular weight is 558 g/mol. The molecule has 1 amide bonds. The summed E-state index contributed by atoms with van der Waals surface area (Å²) < 4.78 is 13.9.